The first kappa shape index (κ1) is 15.3. The Morgan fingerprint density at radius 2 is 2.24 bits per heavy atom. The third kappa shape index (κ3) is 4.47. The highest BCUT2D eigenvalue weighted by molar-refractivity contribution is 5.89. The molecule has 1 atom stereocenters. The smallest absolute Gasteiger partial charge is 0.321 e. The van der Waals surface area contributed by atoms with Gasteiger partial charge in [-0.25, -0.2) is 4.79 Å². The van der Waals surface area contributed by atoms with E-state index in [-0.39, 0.29) is 6.03 Å². The maximum Gasteiger partial charge on any atom is 0.321 e. The molecule has 1 aromatic carbocycles. The van der Waals surface area contributed by atoms with Crippen LogP contribution in [-0.2, 0) is 0 Å². The van der Waals surface area contributed by atoms with Crippen LogP contribution in [0.25, 0.3) is 0 Å². The van der Waals surface area contributed by atoms with Crippen molar-refractivity contribution in [2.45, 2.75) is 32.2 Å². The Morgan fingerprint density at radius 1 is 1.48 bits per heavy atom. The van der Waals surface area contributed by atoms with E-state index in [1.54, 1.807) is 24.3 Å². The summed E-state index contributed by atoms with van der Waals surface area (Å²) < 4.78 is 0. The minimum Gasteiger partial charge on any atom is -0.323 e. The van der Waals surface area contributed by atoms with Crippen molar-refractivity contribution < 1.29 is 4.79 Å². The molecule has 112 valence electrons. The van der Waals surface area contributed by atoms with Crippen molar-refractivity contribution in [3.63, 3.8) is 0 Å². The molecule has 5 heteroatoms. The van der Waals surface area contributed by atoms with Crippen molar-refractivity contribution in [3.05, 3.63) is 29.8 Å². The molecule has 1 aliphatic rings. The average Bonchev–Trinajstić information content (AvgIpc) is 3.00. The minimum atomic E-state index is -0.0738. The van der Waals surface area contributed by atoms with E-state index in [4.69, 9.17) is 5.26 Å². The molecule has 1 unspecified atom stereocenters. The fourth-order valence-electron chi connectivity index (χ4n) is 2.55. The van der Waals surface area contributed by atoms with Crippen molar-refractivity contribution >= 4 is 11.7 Å². The van der Waals surface area contributed by atoms with Crippen LogP contribution >= 0.6 is 0 Å². The van der Waals surface area contributed by atoms with Gasteiger partial charge in [-0.3, -0.25) is 0 Å². The lowest BCUT2D eigenvalue weighted by atomic mass is 10.2. The van der Waals surface area contributed by atoms with Gasteiger partial charge in [0.2, 0.25) is 0 Å². The van der Waals surface area contributed by atoms with E-state index in [0.29, 0.717) is 11.6 Å². The molecule has 1 saturated heterocycles. The lowest BCUT2D eigenvalue weighted by molar-refractivity contribution is 0.206. The number of anilines is 1. The van der Waals surface area contributed by atoms with Gasteiger partial charge in [-0.15, -0.1) is 0 Å². The summed E-state index contributed by atoms with van der Waals surface area (Å²) in [4.78, 5) is 14.2. The van der Waals surface area contributed by atoms with Gasteiger partial charge in [-0.1, -0.05) is 6.92 Å². The van der Waals surface area contributed by atoms with Crippen LogP contribution in [-0.4, -0.2) is 36.6 Å². The fraction of sp³-hybridized carbons (Fsp3) is 0.500. The van der Waals surface area contributed by atoms with Crippen LogP contribution in [0, 0.1) is 11.3 Å². The fourth-order valence-corrected chi connectivity index (χ4v) is 2.55. The lowest BCUT2D eigenvalue weighted by Gasteiger charge is -2.25. The molecule has 2 rings (SSSR count). The van der Waals surface area contributed by atoms with Crippen LogP contribution in [0.4, 0.5) is 10.5 Å². The second-order valence-electron chi connectivity index (χ2n) is 5.36. The first-order valence-corrected chi connectivity index (χ1v) is 7.52. The van der Waals surface area contributed by atoms with Crippen LogP contribution in [0.5, 0.6) is 0 Å². The summed E-state index contributed by atoms with van der Waals surface area (Å²) in [5.74, 6) is 0. The summed E-state index contributed by atoms with van der Waals surface area (Å²) in [6, 6.07) is 9.33. The number of urea groups is 1. The number of hydrogen-bond acceptors (Lipinski definition) is 3. The summed E-state index contributed by atoms with van der Waals surface area (Å²) in [6.07, 6.45) is 3.25. The SMILES string of the molecule is CCCN(CC1CCCN1)C(=O)Nc1ccc(C#N)cc1. The van der Waals surface area contributed by atoms with Crippen LogP contribution in [0.15, 0.2) is 24.3 Å². The molecule has 0 bridgehead atoms. The van der Waals surface area contributed by atoms with E-state index in [0.717, 1.165) is 38.2 Å². The summed E-state index contributed by atoms with van der Waals surface area (Å²) in [5.41, 5.74) is 1.31. The van der Waals surface area contributed by atoms with Gasteiger partial charge in [-0.05, 0) is 50.1 Å². The number of carbonyl (C=O) groups is 1. The number of hydrogen-bond donors (Lipinski definition) is 2. The van der Waals surface area contributed by atoms with Gasteiger partial charge in [0.25, 0.3) is 0 Å². The molecule has 0 radical (unpaired) electrons. The van der Waals surface area contributed by atoms with Crippen LogP contribution in [0.1, 0.15) is 31.7 Å². The van der Waals surface area contributed by atoms with Crippen LogP contribution in [0.2, 0.25) is 0 Å². The zero-order valence-electron chi connectivity index (χ0n) is 12.4. The summed E-state index contributed by atoms with van der Waals surface area (Å²) >= 11 is 0. The molecular formula is C16H22N4O. The number of nitriles is 1. The molecular weight excluding hydrogens is 264 g/mol. The lowest BCUT2D eigenvalue weighted by Crippen LogP contribution is -2.43. The number of nitrogens with zero attached hydrogens (tertiary/aromatic N) is 2. The maximum absolute atomic E-state index is 12.4. The zero-order chi connectivity index (χ0) is 15.1. The van der Waals surface area contributed by atoms with Crippen molar-refractivity contribution in [1.29, 1.82) is 5.26 Å². The Bertz CT molecular complexity index is 500. The molecule has 1 fully saturated rings. The quantitative estimate of drug-likeness (QED) is 0.874. The Hall–Kier alpha value is -2.06. The van der Waals surface area contributed by atoms with E-state index < -0.39 is 0 Å². The zero-order valence-corrected chi connectivity index (χ0v) is 12.4. The van der Waals surface area contributed by atoms with E-state index in [1.807, 2.05) is 4.90 Å². The summed E-state index contributed by atoms with van der Waals surface area (Å²) in [6.45, 7) is 4.61. The molecule has 0 spiro atoms. The number of nitrogens with one attached hydrogen (secondary N) is 2. The number of carbonyl (C=O) groups excluding carboxylic acids is 1. The van der Waals surface area contributed by atoms with Gasteiger partial charge in [0, 0.05) is 24.8 Å². The molecule has 1 heterocycles. The highest BCUT2D eigenvalue weighted by Crippen LogP contribution is 2.12. The molecule has 1 aromatic rings. The van der Waals surface area contributed by atoms with Crippen molar-refractivity contribution in [2.75, 3.05) is 25.0 Å². The predicted molar refractivity (Wildman–Crippen MR) is 83.1 cm³/mol. The second-order valence-corrected chi connectivity index (χ2v) is 5.36. The summed E-state index contributed by atoms with van der Waals surface area (Å²) in [5, 5.41) is 15.1. The average molecular weight is 286 g/mol. The van der Waals surface area contributed by atoms with Crippen molar-refractivity contribution in [1.82, 2.24) is 10.2 Å². The molecule has 2 amide bonds. The molecule has 5 nitrogen and oxygen atoms in total. The normalized spacial score (nSPS) is 17.2. The monoisotopic (exact) mass is 286 g/mol. The van der Waals surface area contributed by atoms with Gasteiger partial charge in [-0.2, -0.15) is 5.26 Å². The summed E-state index contributed by atoms with van der Waals surface area (Å²) in [7, 11) is 0. The second kappa shape index (κ2) is 7.65. The Labute approximate surface area is 125 Å². The molecule has 2 N–H and O–H groups in total. The maximum atomic E-state index is 12.4. The Morgan fingerprint density at radius 3 is 2.81 bits per heavy atom. The number of amides is 2. The Balaban J connectivity index is 1.94. The Kier molecular flexibility index (Phi) is 5.59. The molecule has 1 aliphatic heterocycles. The van der Waals surface area contributed by atoms with E-state index >= 15 is 0 Å². The largest absolute Gasteiger partial charge is 0.323 e. The molecule has 0 saturated carbocycles. The number of rotatable bonds is 5. The minimum absolute atomic E-state index is 0.0738. The number of benzene rings is 1. The van der Waals surface area contributed by atoms with Gasteiger partial charge >= 0.3 is 6.03 Å². The molecule has 21 heavy (non-hydrogen) atoms. The predicted octanol–water partition coefficient (Wildman–Crippen LogP) is 2.55. The van der Waals surface area contributed by atoms with Crippen molar-refractivity contribution in [2.24, 2.45) is 0 Å². The first-order valence-electron chi connectivity index (χ1n) is 7.52. The van der Waals surface area contributed by atoms with E-state index in [2.05, 4.69) is 23.6 Å². The van der Waals surface area contributed by atoms with Gasteiger partial charge in [0.15, 0.2) is 0 Å². The highest BCUT2D eigenvalue weighted by Gasteiger charge is 2.20. The van der Waals surface area contributed by atoms with E-state index in [9.17, 15) is 4.79 Å². The molecule has 0 aromatic heterocycles. The van der Waals surface area contributed by atoms with Gasteiger partial charge in [0.05, 0.1) is 11.6 Å². The van der Waals surface area contributed by atoms with Crippen molar-refractivity contribution in [3.8, 4) is 6.07 Å². The third-order valence-electron chi connectivity index (χ3n) is 3.65. The molecule has 0 aliphatic carbocycles. The van der Waals surface area contributed by atoms with Crippen LogP contribution < -0.4 is 10.6 Å². The highest BCUT2D eigenvalue weighted by atomic mass is 16.2. The van der Waals surface area contributed by atoms with Crippen LogP contribution in [0.3, 0.4) is 0 Å². The third-order valence-corrected chi connectivity index (χ3v) is 3.65. The van der Waals surface area contributed by atoms with Gasteiger partial charge in [0.1, 0.15) is 0 Å². The first-order chi connectivity index (χ1) is 10.2. The van der Waals surface area contributed by atoms with E-state index in [1.165, 1.54) is 6.42 Å². The standard InChI is InChI=1S/C16H22N4O/c1-2-10-20(12-15-4-3-9-18-15)16(21)19-14-7-5-13(11-17)6-8-14/h5-8,15,18H,2-4,9-10,12H2,1H3,(H,19,21). The topological polar surface area (TPSA) is 68.2 Å². The van der Waals surface area contributed by atoms with Gasteiger partial charge < -0.3 is 15.5 Å².